The van der Waals surface area contributed by atoms with Gasteiger partial charge in [-0.25, -0.2) is 9.18 Å². The number of rotatable bonds is 6. The lowest BCUT2D eigenvalue weighted by Gasteiger charge is -2.27. The van der Waals surface area contributed by atoms with Gasteiger partial charge in [0.15, 0.2) is 0 Å². The van der Waals surface area contributed by atoms with Gasteiger partial charge in [0, 0.05) is 12.1 Å². The molecule has 3 rings (SSSR count). The van der Waals surface area contributed by atoms with Crippen molar-refractivity contribution >= 4 is 12.2 Å². The van der Waals surface area contributed by atoms with Crippen LogP contribution in [0.2, 0.25) is 0 Å². The van der Waals surface area contributed by atoms with Gasteiger partial charge in [-0.05, 0) is 50.7 Å². The maximum absolute atomic E-state index is 14.3. The Morgan fingerprint density at radius 1 is 1.00 bits per heavy atom. The molecule has 30 heavy (non-hydrogen) atoms. The number of benzene rings is 1. The summed E-state index contributed by atoms with van der Waals surface area (Å²) in [4.78, 5) is 26.7. The first-order valence-corrected chi connectivity index (χ1v) is 10.8. The molecule has 0 saturated heterocycles. The first-order valence-electron chi connectivity index (χ1n) is 10.8. The Kier molecular flexibility index (Phi) is 7.24. The van der Waals surface area contributed by atoms with Gasteiger partial charge in [0.05, 0.1) is 17.8 Å². The van der Waals surface area contributed by atoms with Gasteiger partial charge in [-0.15, -0.1) is 0 Å². The lowest BCUT2D eigenvalue weighted by Crippen LogP contribution is -2.44. The molecule has 0 amide bonds. The highest BCUT2D eigenvalue weighted by atomic mass is 19.1. The Morgan fingerprint density at radius 2 is 1.67 bits per heavy atom. The molecule has 0 radical (unpaired) electrons. The lowest BCUT2D eigenvalue weighted by atomic mass is 9.83. The van der Waals surface area contributed by atoms with Crippen molar-refractivity contribution in [1.82, 2.24) is 9.13 Å². The summed E-state index contributed by atoms with van der Waals surface area (Å²) in [6.45, 7) is 6.43. The van der Waals surface area contributed by atoms with Gasteiger partial charge in [-0.1, -0.05) is 56.2 Å². The van der Waals surface area contributed by atoms with Gasteiger partial charge < -0.3 is 0 Å². The van der Waals surface area contributed by atoms with Crippen molar-refractivity contribution < 1.29 is 4.39 Å². The predicted molar refractivity (Wildman–Crippen MR) is 121 cm³/mol. The van der Waals surface area contributed by atoms with Crippen molar-refractivity contribution in [2.45, 2.75) is 59.5 Å². The molecule has 1 saturated carbocycles. The van der Waals surface area contributed by atoms with Crippen LogP contribution in [-0.4, -0.2) is 9.13 Å². The molecule has 1 aliphatic carbocycles. The Labute approximate surface area is 177 Å². The van der Waals surface area contributed by atoms with Crippen LogP contribution in [0.3, 0.4) is 0 Å². The molecule has 1 aromatic heterocycles. The highest BCUT2D eigenvalue weighted by Gasteiger charge is 2.23. The van der Waals surface area contributed by atoms with Crippen molar-refractivity contribution in [3.05, 3.63) is 79.9 Å². The van der Waals surface area contributed by atoms with E-state index in [0.717, 1.165) is 25.7 Å². The Bertz CT molecular complexity index is 1050. The number of aromatic nitrogens is 2. The Balaban J connectivity index is 2.15. The van der Waals surface area contributed by atoms with Crippen molar-refractivity contribution in [1.29, 1.82) is 0 Å². The van der Waals surface area contributed by atoms with Gasteiger partial charge in [-0.2, -0.15) is 0 Å². The molecular weight excluding hydrogens is 379 g/mol. The second-order valence-electron chi connectivity index (χ2n) is 8.30. The van der Waals surface area contributed by atoms with E-state index >= 15 is 0 Å². The number of nitrogens with zero attached hydrogens (tertiary/aromatic N) is 2. The van der Waals surface area contributed by atoms with E-state index in [-0.39, 0.29) is 23.6 Å². The van der Waals surface area contributed by atoms with E-state index in [1.54, 1.807) is 42.5 Å². The summed E-state index contributed by atoms with van der Waals surface area (Å²) in [5.41, 5.74) is 0.768. The fourth-order valence-corrected chi connectivity index (χ4v) is 4.28. The van der Waals surface area contributed by atoms with E-state index in [2.05, 4.69) is 6.92 Å². The van der Waals surface area contributed by atoms with E-state index < -0.39 is 0 Å². The molecule has 0 N–H and O–H groups in total. The SMILES string of the molecule is C/C=C\c1c(/C=C\C)n(Cc2ccccc2F)c(=O)n(CC2CCC(C)CC2)c1=O. The van der Waals surface area contributed by atoms with Gasteiger partial charge in [-0.3, -0.25) is 13.9 Å². The zero-order valence-electron chi connectivity index (χ0n) is 18.1. The summed E-state index contributed by atoms with van der Waals surface area (Å²) >= 11 is 0. The van der Waals surface area contributed by atoms with E-state index in [1.807, 2.05) is 13.8 Å². The number of halogens is 1. The topological polar surface area (TPSA) is 44.0 Å². The third-order valence-electron chi connectivity index (χ3n) is 6.02. The third-order valence-corrected chi connectivity index (χ3v) is 6.02. The third kappa shape index (κ3) is 4.72. The van der Waals surface area contributed by atoms with Crippen molar-refractivity contribution in [2.24, 2.45) is 11.8 Å². The summed E-state index contributed by atoms with van der Waals surface area (Å²) < 4.78 is 17.2. The average Bonchev–Trinajstić information content (AvgIpc) is 2.74. The van der Waals surface area contributed by atoms with Gasteiger partial charge in [0.25, 0.3) is 5.56 Å². The fraction of sp³-hybridized carbons (Fsp3) is 0.440. The Hall–Kier alpha value is -2.69. The van der Waals surface area contributed by atoms with Crippen LogP contribution in [0.4, 0.5) is 4.39 Å². The molecule has 1 fully saturated rings. The van der Waals surface area contributed by atoms with Crippen LogP contribution in [0, 0.1) is 17.7 Å². The van der Waals surface area contributed by atoms with E-state index in [1.165, 1.54) is 15.2 Å². The number of hydrogen-bond donors (Lipinski definition) is 0. The summed E-state index contributed by atoms with van der Waals surface area (Å²) in [6.07, 6.45) is 11.4. The van der Waals surface area contributed by atoms with Crippen LogP contribution in [0.15, 0.2) is 46.0 Å². The van der Waals surface area contributed by atoms with E-state index in [4.69, 9.17) is 0 Å². The van der Waals surface area contributed by atoms with Crippen LogP contribution in [0.5, 0.6) is 0 Å². The minimum absolute atomic E-state index is 0.0811. The molecular formula is C25H31FN2O2. The quantitative estimate of drug-likeness (QED) is 0.666. The normalized spacial score (nSPS) is 19.7. The van der Waals surface area contributed by atoms with Crippen LogP contribution < -0.4 is 11.2 Å². The Morgan fingerprint density at radius 3 is 2.30 bits per heavy atom. The minimum atomic E-state index is -0.372. The summed E-state index contributed by atoms with van der Waals surface area (Å²) in [5, 5.41) is 0. The summed E-state index contributed by atoms with van der Waals surface area (Å²) in [6, 6.07) is 6.45. The predicted octanol–water partition coefficient (Wildman–Crippen LogP) is 5.09. The molecule has 2 aromatic rings. The maximum Gasteiger partial charge on any atom is 0.331 e. The van der Waals surface area contributed by atoms with E-state index in [9.17, 15) is 14.0 Å². The van der Waals surface area contributed by atoms with Crippen LogP contribution >= 0.6 is 0 Å². The highest BCUT2D eigenvalue weighted by Crippen LogP contribution is 2.29. The molecule has 1 heterocycles. The number of allylic oxidation sites excluding steroid dienone is 2. The molecule has 0 unspecified atom stereocenters. The number of hydrogen-bond acceptors (Lipinski definition) is 2. The zero-order valence-corrected chi connectivity index (χ0v) is 18.1. The molecule has 4 nitrogen and oxygen atoms in total. The molecule has 0 atom stereocenters. The molecule has 0 bridgehead atoms. The van der Waals surface area contributed by atoms with Crippen LogP contribution in [-0.2, 0) is 13.1 Å². The average molecular weight is 411 g/mol. The molecule has 1 aromatic carbocycles. The van der Waals surface area contributed by atoms with Crippen LogP contribution in [0.1, 0.15) is 63.3 Å². The minimum Gasteiger partial charge on any atom is -0.289 e. The van der Waals surface area contributed by atoms with E-state index in [0.29, 0.717) is 35.2 Å². The van der Waals surface area contributed by atoms with Gasteiger partial charge in [0.1, 0.15) is 5.82 Å². The van der Waals surface area contributed by atoms with Crippen molar-refractivity contribution in [3.8, 4) is 0 Å². The molecule has 160 valence electrons. The van der Waals surface area contributed by atoms with Crippen LogP contribution in [0.25, 0.3) is 12.2 Å². The van der Waals surface area contributed by atoms with Gasteiger partial charge in [0.2, 0.25) is 0 Å². The molecule has 5 heteroatoms. The molecule has 0 spiro atoms. The first kappa shape index (κ1) is 22.0. The standard InChI is InChI=1S/C25H31FN2O2/c1-4-8-21-23(9-5-2)27(17-20-10-6-7-11-22(20)26)25(30)28(24(21)29)16-19-14-12-18(3)13-15-19/h4-11,18-19H,12-17H2,1-3H3/b8-4-,9-5-. The van der Waals surface area contributed by atoms with Gasteiger partial charge >= 0.3 is 5.69 Å². The lowest BCUT2D eigenvalue weighted by molar-refractivity contribution is 0.258. The second kappa shape index (κ2) is 9.88. The fourth-order valence-electron chi connectivity index (χ4n) is 4.28. The maximum atomic E-state index is 14.3. The van der Waals surface area contributed by atoms with Crippen molar-refractivity contribution in [2.75, 3.05) is 0 Å². The smallest absolute Gasteiger partial charge is 0.289 e. The molecule has 1 aliphatic rings. The zero-order chi connectivity index (χ0) is 21.7. The first-order chi connectivity index (χ1) is 14.5. The largest absolute Gasteiger partial charge is 0.331 e. The monoisotopic (exact) mass is 410 g/mol. The highest BCUT2D eigenvalue weighted by molar-refractivity contribution is 5.61. The second-order valence-corrected chi connectivity index (χ2v) is 8.30. The van der Waals surface area contributed by atoms with Crippen molar-refractivity contribution in [3.63, 3.8) is 0 Å². The molecule has 0 aliphatic heterocycles. The summed E-state index contributed by atoms with van der Waals surface area (Å²) in [7, 11) is 0. The summed E-state index contributed by atoms with van der Waals surface area (Å²) in [5.74, 6) is 0.660.